The fraction of sp³-hybridized carbons (Fsp3) is 0.417. The molecule has 1 aliphatic carbocycles. The summed E-state index contributed by atoms with van der Waals surface area (Å²) < 4.78 is 13.3. The van der Waals surface area contributed by atoms with Crippen molar-refractivity contribution in [1.82, 2.24) is 10.3 Å². The van der Waals surface area contributed by atoms with Crippen LogP contribution >= 0.6 is 11.6 Å². The Kier molecular flexibility index (Phi) is 2.45. The molecule has 2 heterocycles. The van der Waals surface area contributed by atoms with Crippen LogP contribution < -0.4 is 5.32 Å². The molecule has 1 aromatic rings. The van der Waals surface area contributed by atoms with E-state index in [-0.39, 0.29) is 5.15 Å². The second-order valence-electron chi connectivity index (χ2n) is 4.47. The number of aromatic nitrogens is 1. The van der Waals surface area contributed by atoms with Gasteiger partial charge in [0.15, 0.2) is 11.0 Å². The van der Waals surface area contributed by atoms with Crippen molar-refractivity contribution < 1.29 is 4.39 Å². The van der Waals surface area contributed by atoms with E-state index >= 15 is 0 Å². The molecule has 4 heteroatoms. The Balaban J connectivity index is 1.90. The van der Waals surface area contributed by atoms with Gasteiger partial charge in [-0.05, 0) is 42.0 Å². The van der Waals surface area contributed by atoms with Gasteiger partial charge >= 0.3 is 0 Å². The van der Waals surface area contributed by atoms with E-state index in [1.165, 1.54) is 11.6 Å². The lowest BCUT2D eigenvalue weighted by molar-refractivity contribution is 0.536. The van der Waals surface area contributed by atoms with Gasteiger partial charge < -0.3 is 5.32 Å². The zero-order valence-corrected chi connectivity index (χ0v) is 9.47. The van der Waals surface area contributed by atoms with Crippen LogP contribution in [0.1, 0.15) is 12.0 Å². The Morgan fingerprint density at radius 3 is 3.06 bits per heavy atom. The zero-order valence-electron chi connectivity index (χ0n) is 8.71. The Hall–Kier alpha value is -0.930. The Morgan fingerprint density at radius 1 is 1.44 bits per heavy atom. The van der Waals surface area contributed by atoms with Crippen LogP contribution in [0.15, 0.2) is 18.3 Å². The summed E-state index contributed by atoms with van der Waals surface area (Å²) in [5.74, 6) is 0.845. The van der Waals surface area contributed by atoms with Crippen LogP contribution in [-0.4, -0.2) is 18.1 Å². The summed E-state index contributed by atoms with van der Waals surface area (Å²) in [5, 5.41) is 3.31. The Labute approximate surface area is 98.5 Å². The molecule has 0 bridgehead atoms. The minimum atomic E-state index is -0.435. The molecular formula is C12H12ClFN2. The van der Waals surface area contributed by atoms with E-state index in [0.29, 0.717) is 11.8 Å². The smallest absolute Gasteiger partial charge is 0.164 e. The first-order valence-electron chi connectivity index (χ1n) is 5.47. The van der Waals surface area contributed by atoms with Crippen LogP contribution in [0, 0.1) is 17.7 Å². The summed E-state index contributed by atoms with van der Waals surface area (Å²) in [4.78, 5) is 3.85. The van der Waals surface area contributed by atoms with Gasteiger partial charge in [-0.3, -0.25) is 0 Å². The van der Waals surface area contributed by atoms with Gasteiger partial charge in [0.25, 0.3) is 0 Å². The first kappa shape index (κ1) is 10.2. The third-order valence-electron chi connectivity index (χ3n) is 3.46. The number of nitrogens with one attached hydrogen (secondary N) is 1. The van der Waals surface area contributed by atoms with E-state index in [4.69, 9.17) is 11.6 Å². The van der Waals surface area contributed by atoms with Crippen LogP contribution in [0.4, 0.5) is 4.39 Å². The molecule has 2 atom stereocenters. The van der Waals surface area contributed by atoms with Crippen LogP contribution in [0.3, 0.4) is 0 Å². The van der Waals surface area contributed by atoms with E-state index < -0.39 is 5.82 Å². The van der Waals surface area contributed by atoms with Gasteiger partial charge in [-0.1, -0.05) is 17.7 Å². The molecule has 16 heavy (non-hydrogen) atoms. The first-order chi connectivity index (χ1) is 7.74. The molecule has 2 nitrogen and oxygen atoms in total. The summed E-state index contributed by atoms with van der Waals surface area (Å²) in [6.45, 7) is 2.10. The van der Waals surface area contributed by atoms with Crippen molar-refractivity contribution in [3.8, 4) is 0 Å². The van der Waals surface area contributed by atoms with Gasteiger partial charge in [-0.2, -0.15) is 0 Å². The zero-order chi connectivity index (χ0) is 11.1. The molecule has 0 aromatic carbocycles. The highest BCUT2D eigenvalue weighted by Crippen LogP contribution is 2.38. The predicted octanol–water partition coefficient (Wildman–Crippen LogP) is 2.50. The van der Waals surface area contributed by atoms with E-state index in [0.717, 1.165) is 25.1 Å². The normalized spacial score (nSPS) is 28.0. The SMILES string of the molecule is Fc1cc(C2=C[C@@H]3CNC[C@@H]3C2)cnc1Cl. The highest BCUT2D eigenvalue weighted by molar-refractivity contribution is 6.29. The number of nitrogens with zero attached hydrogens (tertiary/aromatic N) is 1. The van der Waals surface area contributed by atoms with Crippen molar-refractivity contribution in [3.63, 3.8) is 0 Å². The molecule has 3 rings (SSSR count). The molecule has 0 saturated carbocycles. The number of fused-ring (bicyclic) bond motifs is 1. The lowest BCUT2D eigenvalue weighted by Crippen LogP contribution is -2.09. The van der Waals surface area contributed by atoms with Crippen molar-refractivity contribution in [2.24, 2.45) is 11.8 Å². The summed E-state index contributed by atoms with van der Waals surface area (Å²) in [6.07, 6.45) is 4.92. The van der Waals surface area contributed by atoms with Crippen molar-refractivity contribution in [3.05, 3.63) is 34.9 Å². The maximum Gasteiger partial charge on any atom is 0.164 e. The minimum absolute atomic E-state index is 0.0517. The molecular weight excluding hydrogens is 227 g/mol. The van der Waals surface area contributed by atoms with Gasteiger partial charge in [-0.25, -0.2) is 9.37 Å². The van der Waals surface area contributed by atoms with Crippen LogP contribution in [0.25, 0.3) is 5.57 Å². The lowest BCUT2D eigenvalue weighted by Gasteiger charge is -2.06. The standard InChI is InChI=1S/C12H12ClFN2/c13-12-11(14)3-10(6-16-12)7-1-8-4-15-5-9(8)2-7/h1,3,6,8-9,15H,2,4-5H2/t8-,9+/m1/s1. The second kappa shape index (κ2) is 3.82. The van der Waals surface area contributed by atoms with Crippen molar-refractivity contribution in [2.75, 3.05) is 13.1 Å². The molecule has 0 radical (unpaired) electrons. The molecule has 2 aliphatic rings. The second-order valence-corrected chi connectivity index (χ2v) is 4.83. The molecule has 1 aromatic heterocycles. The third kappa shape index (κ3) is 1.64. The summed E-state index contributed by atoms with van der Waals surface area (Å²) >= 11 is 5.57. The van der Waals surface area contributed by atoms with E-state index in [9.17, 15) is 4.39 Å². The van der Waals surface area contributed by atoms with Crippen LogP contribution in [0.2, 0.25) is 5.15 Å². The van der Waals surface area contributed by atoms with E-state index in [1.807, 2.05) is 0 Å². The maximum absolute atomic E-state index is 13.3. The van der Waals surface area contributed by atoms with Gasteiger partial charge in [0.1, 0.15) is 0 Å². The molecule has 0 unspecified atom stereocenters. The first-order valence-corrected chi connectivity index (χ1v) is 5.84. The number of allylic oxidation sites excluding steroid dienone is 1. The molecule has 1 saturated heterocycles. The third-order valence-corrected chi connectivity index (χ3v) is 3.73. The van der Waals surface area contributed by atoms with Crippen molar-refractivity contribution in [1.29, 1.82) is 0 Å². The fourth-order valence-electron chi connectivity index (χ4n) is 2.59. The Morgan fingerprint density at radius 2 is 2.31 bits per heavy atom. The molecule has 1 fully saturated rings. The topological polar surface area (TPSA) is 24.9 Å². The molecule has 0 amide bonds. The molecule has 1 aliphatic heterocycles. The highest BCUT2D eigenvalue weighted by Gasteiger charge is 2.31. The quantitative estimate of drug-likeness (QED) is 0.761. The van der Waals surface area contributed by atoms with Crippen LogP contribution in [0.5, 0.6) is 0 Å². The minimum Gasteiger partial charge on any atom is -0.316 e. The highest BCUT2D eigenvalue weighted by atomic mass is 35.5. The van der Waals surface area contributed by atoms with Gasteiger partial charge in [0.2, 0.25) is 0 Å². The number of hydrogen-bond acceptors (Lipinski definition) is 2. The summed E-state index contributed by atoms with van der Waals surface area (Å²) in [6, 6.07) is 1.48. The van der Waals surface area contributed by atoms with Gasteiger partial charge in [0, 0.05) is 12.7 Å². The predicted molar refractivity (Wildman–Crippen MR) is 61.6 cm³/mol. The van der Waals surface area contributed by atoms with Gasteiger partial charge in [0.05, 0.1) is 0 Å². The summed E-state index contributed by atoms with van der Waals surface area (Å²) in [7, 11) is 0. The fourth-order valence-corrected chi connectivity index (χ4v) is 2.70. The number of hydrogen-bond donors (Lipinski definition) is 1. The monoisotopic (exact) mass is 238 g/mol. The molecule has 1 N–H and O–H groups in total. The van der Waals surface area contributed by atoms with Crippen molar-refractivity contribution >= 4 is 17.2 Å². The largest absolute Gasteiger partial charge is 0.316 e. The van der Waals surface area contributed by atoms with E-state index in [1.54, 1.807) is 6.20 Å². The average molecular weight is 239 g/mol. The number of halogens is 2. The average Bonchev–Trinajstić information content (AvgIpc) is 2.81. The molecule has 0 spiro atoms. The lowest BCUT2D eigenvalue weighted by atomic mass is 9.99. The van der Waals surface area contributed by atoms with Gasteiger partial charge in [-0.15, -0.1) is 0 Å². The van der Waals surface area contributed by atoms with Crippen molar-refractivity contribution in [2.45, 2.75) is 6.42 Å². The summed E-state index contributed by atoms with van der Waals surface area (Å²) in [5.41, 5.74) is 2.08. The number of pyridine rings is 1. The Bertz CT molecular complexity index is 458. The van der Waals surface area contributed by atoms with Crippen LogP contribution in [-0.2, 0) is 0 Å². The van der Waals surface area contributed by atoms with E-state index in [2.05, 4.69) is 16.4 Å². The molecule has 84 valence electrons. The maximum atomic E-state index is 13.3. The number of rotatable bonds is 1.